The van der Waals surface area contributed by atoms with E-state index in [1.54, 1.807) is 23.1 Å². The van der Waals surface area contributed by atoms with Crippen molar-refractivity contribution < 1.29 is 13.5 Å². The number of halogens is 2. The lowest BCUT2D eigenvalue weighted by molar-refractivity contribution is 0.287. The molecule has 0 fully saturated rings. The number of aryl methyl sites for hydroxylation is 1. The summed E-state index contributed by atoms with van der Waals surface area (Å²) in [4.78, 5) is 18.8. The van der Waals surface area contributed by atoms with E-state index in [-0.39, 0.29) is 34.9 Å². The average Bonchev–Trinajstić information content (AvgIpc) is 3.26. The maximum Gasteiger partial charge on any atom is 0.230 e. The molecule has 11 heteroatoms. The topological polar surface area (TPSA) is 93.9 Å². The molecular formula is C23H22F2N8O. The molecule has 4 heterocycles. The first-order valence-corrected chi connectivity index (χ1v) is 10.7. The first-order chi connectivity index (χ1) is 16.4. The zero-order valence-electron chi connectivity index (χ0n) is 18.8. The van der Waals surface area contributed by atoms with Gasteiger partial charge in [-0.2, -0.15) is 5.10 Å². The van der Waals surface area contributed by atoms with Crippen LogP contribution in [0.2, 0.25) is 0 Å². The van der Waals surface area contributed by atoms with Crippen molar-refractivity contribution in [2.45, 2.75) is 19.9 Å². The highest BCUT2D eigenvalue weighted by atomic mass is 19.1. The third-order valence-electron chi connectivity index (χ3n) is 5.44. The van der Waals surface area contributed by atoms with Gasteiger partial charge in [0.05, 0.1) is 24.1 Å². The molecule has 9 nitrogen and oxygen atoms in total. The van der Waals surface area contributed by atoms with Gasteiger partial charge in [0, 0.05) is 42.8 Å². The standard InChI is InChI=1S/C23H22F2N8O/c1-13(2)33-6-7-34-21-16(24)8-14(9-19(21)33)20-17(25)12-28-23(29-20)30-22-26-10-15(11-27-22)18-4-5-32(3)31-18/h4-5,8-13H,6-7H2,1-3H3,(H,26,27,28,29,30). The van der Waals surface area contributed by atoms with Crippen molar-refractivity contribution in [2.24, 2.45) is 7.05 Å². The first-order valence-electron chi connectivity index (χ1n) is 10.7. The van der Waals surface area contributed by atoms with Crippen LogP contribution < -0.4 is 15.0 Å². The Morgan fingerprint density at radius 2 is 1.76 bits per heavy atom. The van der Waals surface area contributed by atoms with Gasteiger partial charge in [-0.1, -0.05) is 0 Å². The number of fused-ring (bicyclic) bond motifs is 1. The van der Waals surface area contributed by atoms with Crippen molar-refractivity contribution in [2.75, 3.05) is 23.4 Å². The van der Waals surface area contributed by atoms with Gasteiger partial charge in [0.1, 0.15) is 12.3 Å². The summed E-state index contributed by atoms with van der Waals surface area (Å²) in [5.41, 5.74) is 2.29. The minimum absolute atomic E-state index is 0.0430. The van der Waals surface area contributed by atoms with Crippen LogP contribution in [-0.4, -0.2) is 48.9 Å². The molecule has 1 N–H and O–H groups in total. The van der Waals surface area contributed by atoms with Crippen LogP contribution in [0.3, 0.4) is 0 Å². The molecule has 0 unspecified atom stereocenters. The molecule has 0 atom stereocenters. The average molecular weight is 464 g/mol. The highest BCUT2D eigenvalue weighted by molar-refractivity contribution is 5.73. The van der Waals surface area contributed by atoms with E-state index in [1.165, 1.54) is 6.07 Å². The van der Waals surface area contributed by atoms with E-state index in [0.717, 1.165) is 17.5 Å². The molecule has 5 rings (SSSR count). The third kappa shape index (κ3) is 4.12. The first kappa shape index (κ1) is 21.7. The minimum atomic E-state index is -0.677. The lowest BCUT2D eigenvalue weighted by atomic mass is 10.1. The Bertz CT molecular complexity index is 1340. The number of ether oxygens (including phenoxy) is 1. The van der Waals surface area contributed by atoms with Crippen molar-refractivity contribution in [3.63, 3.8) is 0 Å². The molecule has 1 aromatic carbocycles. The third-order valence-corrected chi connectivity index (χ3v) is 5.44. The maximum absolute atomic E-state index is 14.9. The van der Waals surface area contributed by atoms with E-state index in [1.807, 2.05) is 38.1 Å². The van der Waals surface area contributed by atoms with Crippen LogP contribution in [0.25, 0.3) is 22.5 Å². The van der Waals surface area contributed by atoms with E-state index >= 15 is 0 Å². The predicted octanol–water partition coefficient (Wildman–Crippen LogP) is 3.96. The van der Waals surface area contributed by atoms with Crippen LogP contribution in [0.1, 0.15) is 13.8 Å². The molecule has 0 bridgehead atoms. The summed E-state index contributed by atoms with van der Waals surface area (Å²) in [6.45, 7) is 5.01. The Morgan fingerprint density at radius 1 is 1.00 bits per heavy atom. The predicted molar refractivity (Wildman–Crippen MR) is 123 cm³/mol. The highest BCUT2D eigenvalue weighted by Gasteiger charge is 2.25. The number of anilines is 3. The molecule has 0 radical (unpaired) electrons. The van der Waals surface area contributed by atoms with Gasteiger partial charge in [0.2, 0.25) is 11.9 Å². The summed E-state index contributed by atoms with van der Waals surface area (Å²) in [5.74, 6) is -0.772. The number of benzene rings is 1. The van der Waals surface area contributed by atoms with Gasteiger partial charge in [-0.3, -0.25) is 10.00 Å². The molecule has 1 aliphatic heterocycles. The number of hydrogen-bond acceptors (Lipinski definition) is 8. The fourth-order valence-electron chi connectivity index (χ4n) is 3.80. The van der Waals surface area contributed by atoms with Gasteiger partial charge >= 0.3 is 0 Å². The maximum atomic E-state index is 14.9. The molecule has 0 saturated carbocycles. The van der Waals surface area contributed by atoms with Crippen molar-refractivity contribution in [1.29, 1.82) is 0 Å². The lowest BCUT2D eigenvalue weighted by Crippen LogP contribution is -2.38. The summed E-state index contributed by atoms with van der Waals surface area (Å²) in [5, 5.41) is 7.17. The zero-order valence-corrected chi connectivity index (χ0v) is 18.8. The Balaban J connectivity index is 1.44. The SMILES string of the molecule is CC(C)N1CCOc2c(F)cc(-c3nc(Nc4ncc(-c5ccn(C)n5)cn4)ncc3F)cc21. The van der Waals surface area contributed by atoms with E-state index in [4.69, 9.17) is 4.74 Å². The minimum Gasteiger partial charge on any atom is -0.486 e. The van der Waals surface area contributed by atoms with Gasteiger partial charge < -0.3 is 9.64 Å². The normalized spacial score (nSPS) is 13.1. The Labute approximate surface area is 194 Å². The number of hydrogen-bond donors (Lipinski definition) is 1. The van der Waals surface area contributed by atoms with Crippen molar-refractivity contribution in [3.05, 3.63) is 54.6 Å². The Morgan fingerprint density at radius 3 is 2.47 bits per heavy atom. The Kier molecular flexibility index (Phi) is 5.52. The summed E-state index contributed by atoms with van der Waals surface area (Å²) in [6.07, 6.45) is 6.08. The Hall–Kier alpha value is -4.15. The molecule has 3 aromatic heterocycles. The van der Waals surface area contributed by atoms with E-state index in [2.05, 4.69) is 30.4 Å². The van der Waals surface area contributed by atoms with Crippen LogP contribution in [0.4, 0.5) is 26.4 Å². The number of nitrogens with one attached hydrogen (secondary N) is 1. The monoisotopic (exact) mass is 464 g/mol. The molecule has 34 heavy (non-hydrogen) atoms. The largest absolute Gasteiger partial charge is 0.486 e. The van der Waals surface area contributed by atoms with Crippen LogP contribution >= 0.6 is 0 Å². The summed E-state index contributed by atoms with van der Waals surface area (Å²) in [6, 6.07) is 4.88. The summed E-state index contributed by atoms with van der Waals surface area (Å²) < 4.78 is 36.8. The number of rotatable bonds is 5. The van der Waals surface area contributed by atoms with Crippen LogP contribution in [0.5, 0.6) is 5.75 Å². The summed E-state index contributed by atoms with van der Waals surface area (Å²) in [7, 11) is 1.82. The van der Waals surface area contributed by atoms with Crippen LogP contribution in [0.15, 0.2) is 43.0 Å². The van der Waals surface area contributed by atoms with E-state index in [9.17, 15) is 8.78 Å². The summed E-state index contributed by atoms with van der Waals surface area (Å²) >= 11 is 0. The van der Waals surface area contributed by atoms with E-state index in [0.29, 0.717) is 18.8 Å². The fourth-order valence-corrected chi connectivity index (χ4v) is 3.80. The van der Waals surface area contributed by atoms with Gasteiger partial charge in [-0.05, 0) is 32.0 Å². The van der Waals surface area contributed by atoms with E-state index < -0.39 is 11.6 Å². The van der Waals surface area contributed by atoms with Gasteiger partial charge in [-0.15, -0.1) is 0 Å². The van der Waals surface area contributed by atoms with Gasteiger partial charge in [0.15, 0.2) is 17.4 Å². The molecule has 0 saturated heterocycles. The molecule has 0 aliphatic carbocycles. The highest BCUT2D eigenvalue weighted by Crippen LogP contribution is 2.39. The van der Waals surface area contributed by atoms with Gasteiger partial charge in [0.25, 0.3) is 0 Å². The number of aromatic nitrogens is 6. The molecule has 0 amide bonds. The molecular weight excluding hydrogens is 442 g/mol. The molecule has 174 valence electrons. The zero-order chi connectivity index (χ0) is 23.8. The van der Waals surface area contributed by atoms with Crippen molar-refractivity contribution in [1.82, 2.24) is 29.7 Å². The molecule has 0 spiro atoms. The van der Waals surface area contributed by atoms with Gasteiger partial charge in [-0.25, -0.2) is 28.7 Å². The second-order valence-corrected chi connectivity index (χ2v) is 8.13. The van der Waals surface area contributed by atoms with Crippen molar-refractivity contribution >= 4 is 17.6 Å². The number of nitrogens with zero attached hydrogens (tertiary/aromatic N) is 7. The quantitative estimate of drug-likeness (QED) is 0.474. The van der Waals surface area contributed by atoms with Crippen molar-refractivity contribution in [3.8, 4) is 28.3 Å². The molecule has 1 aliphatic rings. The van der Waals surface area contributed by atoms with Crippen LogP contribution in [-0.2, 0) is 7.05 Å². The molecule has 4 aromatic rings. The fraction of sp³-hybridized carbons (Fsp3) is 0.261. The second kappa shape index (κ2) is 8.65. The smallest absolute Gasteiger partial charge is 0.230 e. The lowest BCUT2D eigenvalue weighted by Gasteiger charge is -2.34. The second-order valence-electron chi connectivity index (χ2n) is 8.13. The van der Waals surface area contributed by atoms with Crippen LogP contribution in [0, 0.1) is 11.6 Å².